The summed E-state index contributed by atoms with van der Waals surface area (Å²) < 4.78 is 0. The van der Waals surface area contributed by atoms with Gasteiger partial charge >= 0.3 is 5.97 Å². The maximum absolute atomic E-state index is 13.4. The number of aliphatic hydroxyl groups excluding tert-OH is 2. The van der Waals surface area contributed by atoms with E-state index in [1.165, 1.54) is 0 Å². The van der Waals surface area contributed by atoms with Gasteiger partial charge in [-0.15, -0.1) is 0 Å². The molecule has 0 aromatic rings. The van der Waals surface area contributed by atoms with E-state index in [2.05, 4.69) is 11.8 Å². The molecular weight excluding hydrogens is 374 g/mol. The van der Waals surface area contributed by atoms with E-state index in [0.717, 1.165) is 12.8 Å². The van der Waals surface area contributed by atoms with Crippen LogP contribution in [0.1, 0.15) is 66.2 Å². The largest absolute Gasteiger partial charge is 0.504 e. The van der Waals surface area contributed by atoms with Crippen LogP contribution in [0.25, 0.3) is 0 Å². The van der Waals surface area contributed by atoms with Crippen LogP contribution in [-0.2, 0) is 19.2 Å². The van der Waals surface area contributed by atoms with Crippen LogP contribution in [0.3, 0.4) is 0 Å². The molecule has 0 radical (unpaired) electrons. The number of Topliss-reactive ketones (excluding diaryl/α,β-unsaturated/α-hetero) is 2. The van der Waals surface area contributed by atoms with Crippen molar-refractivity contribution in [2.45, 2.75) is 66.2 Å². The lowest BCUT2D eigenvalue weighted by Crippen LogP contribution is -2.56. The molecule has 4 N–H and O–H groups in total. The number of carbonyl (C=O) groups is 3. The summed E-state index contributed by atoms with van der Waals surface area (Å²) in [6.07, 6.45) is 3.38. The lowest BCUT2D eigenvalue weighted by molar-refractivity contribution is -0.162. The zero-order valence-corrected chi connectivity index (χ0v) is 17.9. The van der Waals surface area contributed by atoms with Crippen LogP contribution in [0.5, 0.6) is 0 Å². The van der Waals surface area contributed by atoms with Gasteiger partial charge in [0.25, 0.3) is 0 Å². The molecule has 6 unspecified atom stereocenters. The standard InChI is InChI=1S/C22H35NO6/c1-5-6-7-13(3)17-20(27)19(26)14-10-12(2)11-15(21(28)29-23)18(14)22(17,4)16(25)8-9-24/h12-15,18,24,27H,5-11,23H2,1-4H3. The van der Waals surface area contributed by atoms with Crippen LogP contribution in [-0.4, -0.2) is 34.4 Å². The van der Waals surface area contributed by atoms with Gasteiger partial charge in [-0.1, -0.05) is 33.6 Å². The van der Waals surface area contributed by atoms with Gasteiger partial charge in [0.05, 0.1) is 11.3 Å². The molecule has 2 rings (SSSR count). The fourth-order valence-electron chi connectivity index (χ4n) is 5.77. The van der Waals surface area contributed by atoms with Gasteiger partial charge < -0.3 is 15.1 Å². The highest BCUT2D eigenvalue weighted by Gasteiger charge is 2.61. The molecular formula is C22H35NO6. The molecule has 0 spiro atoms. The summed E-state index contributed by atoms with van der Waals surface area (Å²) in [5, 5.41) is 20.4. The summed E-state index contributed by atoms with van der Waals surface area (Å²) in [6.45, 7) is 7.28. The number of rotatable bonds is 8. The quantitative estimate of drug-likeness (QED) is 0.526. The van der Waals surface area contributed by atoms with Gasteiger partial charge in [-0.25, -0.2) is 0 Å². The average molecular weight is 410 g/mol. The molecule has 0 amide bonds. The zero-order chi connectivity index (χ0) is 21.9. The Morgan fingerprint density at radius 2 is 2.00 bits per heavy atom. The molecule has 7 nitrogen and oxygen atoms in total. The second-order valence-corrected chi connectivity index (χ2v) is 9.02. The van der Waals surface area contributed by atoms with Crippen molar-refractivity contribution in [3.05, 3.63) is 11.3 Å². The molecule has 29 heavy (non-hydrogen) atoms. The Labute approximate surface area is 172 Å². The van der Waals surface area contributed by atoms with Crippen molar-refractivity contribution in [2.75, 3.05) is 6.61 Å². The lowest BCUT2D eigenvalue weighted by Gasteiger charge is -2.52. The van der Waals surface area contributed by atoms with Crippen LogP contribution in [0.4, 0.5) is 0 Å². The van der Waals surface area contributed by atoms with Crippen LogP contribution < -0.4 is 5.90 Å². The minimum atomic E-state index is -1.24. The van der Waals surface area contributed by atoms with E-state index in [1.807, 2.05) is 13.8 Å². The Balaban J connectivity index is 2.70. The van der Waals surface area contributed by atoms with E-state index >= 15 is 0 Å². The molecule has 0 aromatic carbocycles. The number of fused-ring (bicyclic) bond motifs is 1. The molecule has 164 valence electrons. The number of aliphatic hydroxyl groups is 2. The Hall–Kier alpha value is -1.73. The maximum atomic E-state index is 13.4. The number of hydrogen-bond acceptors (Lipinski definition) is 7. The van der Waals surface area contributed by atoms with Gasteiger partial charge in [0.1, 0.15) is 5.78 Å². The van der Waals surface area contributed by atoms with Crippen molar-refractivity contribution < 1.29 is 29.4 Å². The third kappa shape index (κ3) is 4.12. The number of carbonyl (C=O) groups excluding carboxylic acids is 3. The van der Waals surface area contributed by atoms with Crippen molar-refractivity contribution in [3.8, 4) is 0 Å². The smallest absolute Gasteiger partial charge is 0.327 e. The van der Waals surface area contributed by atoms with Gasteiger partial charge in [-0.2, -0.15) is 5.90 Å². The van der Waals surface area contributed by atoms with Crippen LogP contribution >= 0.6 is 0 Å². The van der Waals surface area contributed by atoms with E-state index in [1.54, 1.807) is 6.92 Å². The minimum absolute atomic E-state index is 0.0494. The second kappa shape index (κ2) is 9.39. The van der Waals surface area contributed by atoms with E-state index in [9.17, 15) is 24.6 Å². The molecule has 6 atom stereocenters. The molecule has 0 heterocycles. The lowest BCUT2D eigenvalue weighted by atomic mass is 9.49. The highest BCUT2D eigenvalue weighted by Crippen LogP contribution is 2.57. The second-order valence-electron chi connectivity index (χ2n) is 9.02. The summed E-state index contributed by atoms with van der Waals surface area (Å²) in [4.78, 5) is 43.6. The summed E-state index contributed by atoms with van der Waals surface area (Å²) in [7, 11) is 0. The number of ketones is 2. The maximum Gasteiger partial charge on any atom is 0.327 e. The predicted molar refractivity (Wildman–Crippen MR) is 107 cm³/mol. The van der Waals surface area contributed by atoms with Gasteiger partial charge in [-0.05, 0) is 49.5 Å². The van der Waals surface area contributed by atoms with E-state index < -0.39 is 34.9 Å². The predicted octanol–water partition coefficient (Wildman–Crippen LogP) is 2.86. The SMILES string of the molecule is CCCCC(C)C1=C(O)C(=O)C2CC(C)CC(C(=O)ON)C2C1(C)C(=O)CCO. The highest BCUT2D eigenvalue weighted by atomic mass is 16.7. The molecule has 0 aliphatic heterocycles. The summed E-state index contributed by atoms with van der Waals surface area (Å²) in [6, 6.07) is 0. The Morgan fingerprint density at radius 3 is 2.55 bits per heavy atom. The number of nitrogens with two attached hydrogens (primary N) is 1. The molecule has 1 fully saturated rings. The van der Waals surface area contributed by atoms with Gasteiger partial charge in [0, 0.05) is 18.9 Å². The molecule has 2 aliphatic rings. The third-order valence-corrected chi connectivity index (χ3v) is 7.05. The minimum Gasteiger partial charge on any atom is -0.504 e. The Morgan fingerprint density at radius 1 is 1.34 bits per heavy atom. The van der Waals surface area contributed by atoms with Crippen molar-refractivity contribution >= 4 is 17.5 Å². The first-order valence-corrected chi connectivity index (χ1v) is 10.7. The molecule has 2 aliphatic carbocycles. The summed E-state index contributed by atoms with van der Waals surface area (Å²) in [5.74, 6) is 1.39. The van der Waals surface area contributed by atoms with Gasteiger partial charge in [0.2, 0.25) is 5.78 Å². The number of unbranched alkanes of at least 4 members (excludes halogenated alkanes) is 1. The Kier molecular flexibility index (Phi) is 7.62. The van der Waals surface area contributed by atoms with E-state index in [0.29, 0.717) is 24.8 Å². The molecule has 0 saturated heterocycles. The van der Waals surface area contributed by atoms with E-state index in [4.69, 9.17) is 5.90 Å². The first kappa shape index (κ1) is 23.5. The van der Waals surface area contributed by atoms with Gasteiger partial charge in [-0.3, -0.25) is 14.4 Å². The normalized spacial score (nSPS) is 33.2. The Bertz CT molecular complexity index is 687. The van der Waals surface area contributed by atoms with Crippen molar-refractivity contribution in [2.24, 2.45) is 40.9 Å². The van der Waals surface area contributed by atoms with Crippen molar-refractivity contribution in [1.29, 1.82) is 0 Å². The average Bonchev–Trinajstić information content (AvgIpc) is 2.69. The van der Waals surface area contributed by atoms with Crippen LogP contribution in [0.15, 0.2) is 11.3 Å². The first-order valence-electron chi connectivity index (χ1n) is 10.7. The van der Waals surface area contributed by atoms with Gasteiger partial charge in [0.15, 0.2) is 5.76 Å². The van der Waals surface area contributed by atoms with Crippen LogP contribution in [0.2, 0.25) is 0 Å². The first-order chi connectivity index (χ1) is 13.6. The molecule has 0 aromatic heterocycles. The topological polar surface area (TPSA) is 127 Å². The summed E-state index contributed by atoms with van der Waals surface area (Å²) >= 11 is 0. The third-order valence-electron chi connectivity index (χ3n) is 7.05. The van der Waals surface area contributed by atoms with Crippen molar-refractivity contribution in [3.63, 3.8) is 0 Å². The van der Waals surface area contributed by atoms with Crippen molar-refractivity contribution in [1.82, 2.24) is 0 Å². The molecule has 1 saturated carbocycles. The molecule has 7 heteroatoms. The highest BCUT2D eigenvalue weighted by molar-refractivity contribution is 6.02. The van der Waals surface area contributed by atoms with Crippen LogP contribution in [0, 0.1) is 35.0 Å². The fourth-order valence-corrected chi connectivity index (χ4v) is 5.77. The summed E-state index contributed by atoms with van der Waals surface area (Å²) in [5.41, 5.74) is -0.836. The number of hydrogen-bond donors (Lipinski definition) is 3. The number of allylic oxidation sites excluding steroid dienone is 2. The molecule has 0 bridgehead atoms. The fraction of sp³-hybridized carbons (Fsp3) is 0.773. The monoisotopic (exact) mass is 409 g/mol. The zero-order valence-electron chi connectivity index (χ0n) is 17.9. The van der Waals surface area contributed by atoms with E-state index in [-0.39, 0.29) is 36.4 Å².